The van der Waals surface area contributed by atoms with Crippen LogP contribution in [0.5, 0.6) is 0 Å². The first-order valence-electron chi connectivity index (χ1n) is 5.97. The molecular formula is C11H22N2O3S. The maximum absolute atomic E-state index is 12.0. The molecule has 1 fully saturated rings. The summed E-state index contributed by atoms with van der Waals surface area (Å²) in [7, 11) is -2.94. The quantitative estimate of drug-likeness (QED) is 0.685. The SMILES string of the molecule is CC1(C(=O)NCCCS(C)(=O)=O)CCCC1N. The second-order valence-electron chi connectivity index (χ2n) is 5.16. The fraction of sp³-hybridized carbons (Fsp3) is 0.909. The number of amides is 1. The molecule has 2 unspecified atom stereocenters. The Morgan fingerprint density at radius 2 is 2.18 bits per heavy atom. The number of hydrogen-bond acceptors (Lipinski definition) is 4. The number of hydrogen-bond donors (Lipinski definition) is 2. The fourth-order valence-electron chi connectivity index (χ4n) is 2.21. The van der Waals surface area contributed by atoms with Gasteiger partial charge in [0.2, 0.25) is 5.91 Å². The van der Waals surface area contributed by atoms with Crippen LogP contribution in [-0.4, -0.2) is 38.9 Å². The first kappa shape index (κ1) is 14.4. The van der Waals surface area contributed by atoms with Crippen LogP contribution < -0.4 is 11.1 Å². The molecule has 0 aromatic heterocycles. The van der Waals surface area contributed by atoms with Crippen LogP contribution in [0.2, 0.25) is 0 Å². The van der Waals surface area contributed by atoms with Crippen molar-refractivity contribution in [1.29, 1.82) is 0 Å². The van der Waals surface area contributed by atoms with Crippen molar-refractivity contribution >= 4 is 15.7 Å². The summed E-state index contributed by atoms with van der Waals surface area (Å²) in [6, 6.07) is -0.0857. The van der Waals surface area contributed by atoms with Crippen molar-refractivity contribution < 1.29 is 13.2 Å². The van der Waals surface area contributed by atoms with Crippen molar-refractivity contribution in [2.45, 2.75) is 38.6 Å². The van der Waals surface area contributed by atoms with Gasteiger partial charge in [0.25, 0.3) is 0 Å². The third kappa shape index (κ3) is 3.96. The van der Waals surface area contributed by atoms with Crippen LogP contribution in [0.15, 0.2) is 0 Å². The van der Waals surface area contributed by atoms with Crippen LogP contribution in [0.4, 0.5) is 0 Å². The van der Waals surface area contributed by atoms with Gasteiger partial charge in [-0.3, -0.25) is 4.79 Å². The first-order chi connectivity index (χ1) is 7.76. The van der Waals surface area contributed by atoms with E-state index in [0.717, 1.165) is 19.3 Å². The Morgan fingerprint density at radius 3 is 2.65 bits per heavy atom. The van der Waals surface area contributed by atoms with Gasteiger partial charge >= 0.3 is 0 Å². The molecule has 0 aromatic carbocycles. The van der Waals surface area contributed by atoms with Crippen LogP contribution in [0, 0.1) is 5.41 Å². The van der Waals surface area contributed by atoms with Gasteiger partial charge in [0.05, 0.1) is 11.2 Å². The van der Waals surface area contributed by atoms with Crippen LogP contribution in [-0.2, 0) is 14.6 Å². The molecule has 3 N–H and O–H groups in total. The second kappa shape index (κ2) is 5.35. The molecular weight excluding hydrogens is 240 g/mol. The minimum atomic E-state index is -2.94. The molecule has 2 atom stereocenters. The smallest absolute Gasteiger partial charge is 0.227 e. The van der Waals surface area contributed by atoms with Crippen molar-refractivity contribution in [2.75, 3.05) is 18.6 Å². The van der Waals surface area contributed by atoms with E-state index in [1.54, 1.807) is 0 Å². The lowest BCUT2D eigenvalue weighted by atomic mass is 9.84. The average Bonchev–Trinajstić information content (AvgIpc) is 2.54. The standard InChI is InChI=1S/C11H22N2O3S/c1-11(6-3-5-9(11)12)10(14)13-7-4-8-17(2,15)16/h9H,3-8,12H2,1-2H3,(H,13,14). The number of nitrogens with two attached hydrogens (primary N) is 1. The minimum Gasteiger partial charge on any atom is -0.356 e. The molecule has 17 heavy (non-hydrogen) atoms. The molecule has 0 spiro atoms. The Bertz CT molecular complexity index is 380. The third-order valence-corrected chi connectivity index (χ3v) is 4.56. The summed E-state index contributed by atoms with van der Waals surface area (Å²) in [4.78, 5) is 12.0. The summed E-state index contributed by atoms with van der Waals surface area (Å²) in [5, 5.41) is 2.78. The normalized spacial score (nSPS) is 29.2. The van der Waals surface area contributed by atoms with E-state index in [2.05, 4.69) is 5.32 Å². The zero-order chi connectivity index (χ0) is 13.1. The minimum absolute atomic E-state index is 0.0454. The molecule has 0 radical (unpaired) electrons. The predicted octanol–water partition coefficient (Wildman–Crippen LogP) is 0.0548. The maximum atomic E-state index is 12.0. The lowest BCUT2D eigenvalue weighted by Gasteiger charge is -2.27. The number of nitrogens with one attached hydrogen (secondary N) is 1. The van der Waals surface area contributed by atoms with Gasteiger partial charge in [-0.05, 0) is 26.2 Å². The topological polar surface area (TPSA) is 89.3 Å². The van der Waals surface area contributed by atoms with Gasteiger partial charge in [0.15, 0.2) is 0 Å². The zero-order valence-electron chi connectivity index (χ0n) is 10.5. The molecule has 1 aliphatic carbocycles. The van der Waals surface area contributed by atoms with E-state index in [1.165, 1.54) is 6.26 Å². The Hall–Kier alpha value is -0.620. The second-order valence-corrected chi connectivity index (χ2v) is 7.42. The monoisotopic (exact) mass is 262 g/mol. The van der Waals surface area contributed by atoms with Crippen molar-refractivity contribution in [3.8, 4) is 0 Å². The Labute approximate surface area is 103 Å². The highest BCUT2D eigenvalue weighted by Crippen LogP contribution is 2.36. The molecule has 100 valence electrons. The van der Waals surface area contributed by atoms with Crippen LogP contribution in [0.1, 0.15) is 32.6 Å². The molecule has 1 aliphatic rings. The molecule has 1 rings (SSSR count). The van der Waals surface area contributed by atoms with Crippen LogP contribution in [0.3, 0.4) is 0 Å². The van der Waals surface area contributed by atoms with Crippen LogP contribution in [0.25, 0.3) is 0 Å². The Morgan fingerprint density at radius 1 is 1.53 bits per heavy atom. The summed E-state index contributed by atoms with van der Waals surface area (Å²) in [5.74, 6) is 0.0618. The van der Waals surface area contributed by atoms with E-state index in [0.29, 0.717) is 13.0 Å². The van der Waals surface area contributed by atoms with E-state index < -0.39 is 15.3 Å². The van der Waals surface area contributed by atoms with E-state index in [4.69, 9.17) is 5.73 Å². The van der Waals surface area contributed by atoms with Crippen LogP contribution >= 0.6 is 0 Å². The predicted molar refractivity (Wildman–Crippen MR) is 67.3 cm³/mol. The van der Waals surface area contributed by atoms with Gasteiger partial charge in [0, 0.05) is 18.8 Å². The summed E-state index contributed by atoms with van der Waals surface area (Å²) in [6.07, 6.45) is 4.33. The molecule has 0 bridgehead atoms. The highest BCUT2D eigenvalue weighted by Gasteiger charge is 2.42. The third-order valence-electron chi connectivity index (χ3n) is 3.53. The number of carbonyl (C=O) groups excluding carboxylic acids is 1. The first-order valence-corrected chi connectivity index (χ1v) is 8.03. The Kier molecular flexibility index (Phi) is 4.55. The van der Waals surface area contributed by atoms with E-state index >= 15 is 0 Å². The summed E-state index contributed by atoms with van der Waals surface area (Å²) >= 11 is 0. The molecule has 0 aliphatic heterocycles. The highest BCUT2D eigenvalue weighted by molar-refractivity contribution is 7.90. The Balaban J connectivity index is 2.35. The van der Waals surface area contributed by atoms with E-state index in [9.17, 15) is 13.2 Å². The largest absolute Gasteiger partial charge is 0.356 e. The van der Waals surface area contributed by atoms with E-state index in [1.807, 2.05) is 6.92 Å². The van der Waals surface area contributed by atoms with Gasteiger partial charge in [-0.25, -0.2) is 8.42 Å². The number of carbonyl (C=O) groups is 1. The van der Waals surface area contributed by atoms with Crippen molar-refractivity contribution in [2.24, 2.45) is 11.1 Å². The molecule has 1 saturated carbocycles. The van der Waals surface area contributed by atoms with Gasteiger partial charge < -0.3 is 11.1 Å². The molecule has 0 heterocycles. The van der Waals surface area contributed by atoms with Gasteiger partial charge in [-0.2, -0.15) is 0 Å². The van der Waals surface area contributed by atoms with Gasteiger partial charge in [-0.1, -0.05) is 6.42 Å². The fourth-order valence-corrected chi connectivity index (χ4v) is 2.88. The molecule has 1 amide bonds. The highest BCUT2D eigenvalue weighted by atomic mass is 32.2. The zero-order valence-corrected chi connectivity index (χ0v) is 11.3. The van der Waals surface area contributed by atoms with Crippen molar-refractivity contribution in [1.82, 2.24) is 5.32 Å². The summed E-state index contributed by atoms with van der Waals surface area (Å²) in [5.41, 5.74) is 5.45. The van der Waals surface area contributed by atoms with Gasteiger partial charge in [0.1, 0.15) is 9.84 Å². The van der Waals surface area contributed by atoms with E-state index in [-0.39, 0.29) is 17.7 Å². The van der Waals surface area contributed by atoms with Gasteiger partial charge in [-0.15, -0.1) is 0 Å². The lowest BCUT2D eigenvalue weighted by Crippen LogP contribution is -2.47. The van der Waals surface area contributed by atoms with Crippen molar-refractivity contribution in [3.05, 3.63) is 0 Å². The number of rotatable bonds is 5. The summed E-state index contributed by atoms with van der Waals surface area (Å²) in [6.45, 7) is 2.28. The lowest BCUT2D eigenvalue weighted by molar-refractivity contribution is -0.130. The molecule has 5 nitrogen and oxygen atoms in total. The number of sulfone groups is 1. The molecule has 6 heteroatoms. The molecule has 0 aromatic rings. The molecule has 0 saturated heterocycles. The maximum Gasteiger partial charge on any atom is 0.227 e. The van der Waals surface area contributed by atoms with Crippen molar-refractivity contribution in [3.63, 3.8) is 0 Å². The summed E-state index contributed by atoms with van der Waals surface area (Å²) < 4.78 is 21.8. The average molecular weight is 262 g/mol.